The highest BCUT2D eigenvalue weighted by molar-refractivity contribution is 8.01. The zero-order valence-electron chi connectivity index (χ0n) is 18.1. The zero-order valence-corrected chi connectivity index (χ0v) is 19.8. The molecule has 0 spiro atoms. The van der Waals surface area contributed by atoms with Crippen molar-refractivity contribution in [2.75, 3.05) is 16.4 Å². The summed E-state index contributed by atoms with van der Waals surface area (Å²) >= 11 is 3.23. The largest absolute Gasteiger partial charge is 0.330 e. The van der Waals surface area contributed by atoms with Gasteiger partial charge >= 0.3 is 0 Å². The fraction of sp³-hybridized carbons (Fsp3) is 0.273. The quantitative estimate of drug-likeness (QED) is 0.231. The van der Waals surface area contributed by atoms with Gasteiger partial charge in [0.2, 0.25) is 16.9 Å². The number of unbranched alkanes of at least 4 members (excludes halogenated alkanes) is 2. The smallest absolute Gasteiger partial charge is 0.221 e. The SMILES string of the molecule is CC(=O)Nc1cccc(Nc2nnc(SCCCCCn3nnc(-c4ccccc4)n3)s2)c1. The number of aryl methyl sites for hydroxylation is 1. The second-order valence-electron chi connectivity index (χ2n) is 7.24. The number of hydrogen-bond acceptors (Lipinski definition) is 9. The Labute approximate surface area is 200 Å². The van der Waals surface area contributed by atoms with Crippen LogP contribution in [0.1, 0.15) is 26.2 Å². The van der Waals surface area contributed by atoms with Crippen LogP contribution in [0.5, 0.6) is 0 Å². The van der Waals surface area contributed by atoms with E-state index in [0.29, 0.717) is 5.82 Å². The fourth-order valence-corrected chi connectivity index (χ4v) is 4.89. The molecule has 0 aliphatic rings. The maximum atomic E-state index is 11.2. The molecule has 4 rings (SSSR count). The van der Waals surface area contributed by atoms with Crippen LogP contribution in [-0.4, -0.2) is 42.1 Å². The molecule has 2 N–H and O–H groups in total. The molecule has 0 atom stereocenters. The molecule has 0 saturated carbocycles. The van der Waals surface area contributed by atoms with Crippen molar-refractivity contribution in [3.05, 3.63) is 54.6 Å². The number of carbonyl (C=O) groups is 1. The Kier molecular flexibility index (Phi) is 7.99. The molecule has 11 heteroatoms. The summed E-state index contributed by atoms with van der Waals surface area (Å²) in [4.78, 5) is 12.9. The van der Waals surface area contributed by atoms with E-state index in [1.54, 1.807) is 16.6 Å². The van der Waals surface area contributed by atoms with E-state index in [9.17, 15) is 4.79 Å². The number of amides is 1. The van der Waals surface area contributed by atoms with E-state index in [1.807, 2.05) is 54.6 Å². The van der Waals surface area contributed by atoms with E-state index in [0.717, 1.165) is 58.0 Å². The van der Waals surface area contributed by atoms with Crippen LogP contribution in [0.25, 0.3) is 11.4 Å². The average Bonchev–Trinajstić information content (AvgIpc) is 3.46. The first-order valence-corrected chi connectivity index (χ1v) is 12.4. The number of carbonyl (C=O) groups excluding carboxylic acids is 1. The summed E-state index contributed by atoms with van der Waals surface area (Å²) in [6.45, 7) is 2.25. The van der Waals surface area contributed by atoms with Gasteiger partial charge in [0, 0.05) is 29.6 Å². The molecule has 0 aliphatic carbocycles. The third kappa shape index (κ3) is 7.09. The van der Waals surface area contributed by atoms with Crippen molar-refractivity contribution in [1.29, 1.82) is 0 Å². The first-order valence-electron chi connectivity index (χ1n) is 10.6. The number of hydrogen-bond donors (Lipinski definition) is 2. The van der Waals surface area contributed by atoms with E-state index >= 15 is 0 Å². The van der Waals surface area contributed by atoms with E-state index in [4.69, 9.17) is 0 Å². The standard InChI is InChI=1S/C22H24N8OS2/c1-16(31)23-18-11-8-12-19(15-18)24-21-26-27-22(33-21)32-14-7-3-6-13-30-28-20(25-29-30)17-9-4-2-5-10-17/h2,4-5,8-12,15H,3,6-7,13-14H2,1H3,(H,23,31)(H,24,26). The van der Waals surface area contributed by atoms with Gasteiger partial charge < -0.3 is 10.6 Å². The predicted molar refractivity (Wildman–Crippen MR) is 132 cm³/mol. The minimum Gasteiger partial charge on any atom is -0.330 e. The summed E-state index contributed by atoms with van der Waals surface area (Å²) in [6.07, 6.45) is 3.15. The van der Waals surface area contributed by atoms with Gasteiger partial charge in [-0.1, -0.05) is 65.9 Å². The lowest BCUT2D eigenvalue weighted by molar-refractivity contribution is -0.114. The van der Waals surface area contributed by atoms with Gasteiger partial charge in [-0.3, -0.25) is 4.79 Å². The van der Waals surface area contributed by atoms with Crippen LogP contribution in [0, 0.1) is 0 Å². The first-order chi connectivity index (χ1) is 16.2. The molecule has 9 nitrogen and oxygen atoms in total. The number of benzene rings is 2. The molecule has 0 saturated heterocycles. The summed E-state index contributed by atoms with van der Waals surface area (Å²) in [5.41, 5.74) is 2.57. The lowest BCUT2D eigenvalue weighted by Gasteiger charge is -2.05. The summed E-state index contributed by atoms with van der Waals surface area (Å²) in [5, 5.41) is 27.9. The lowest BCUT2D eigenvalue weighted by Crippen LogP contribution is -2.05. The molecule has 0 fully saturated rings. The van der Waals surface area contributed by atoms with Crippen LogP contribution < -0.4 is 10.6 Å². The molecule has 33 heavy (non-hydrogen) atoms. The Morgan fingerprint density at radius 3 is 2.70 bits per heavy atom. The van der Waals surface area contributed by atoms with Crippen molar-refractivity contribution in [2.45, 2.75) is 37.1 Å². The molecule has 0 radical (unpaired) electrons. The minimum atomic E-state index is -0.101. The third-order valence-electron chi connectivity index (χ3n) is 4.55. The predicted octanol–water partition coefficient (Wildman–Crippen LogP) is 4.86. The van der Waals surface area contributed by atoms with Crippen LogP contribution in [0.15, 0.2) is 58.9 Å². The maximum Gasteiger partial charge on any atom is 0.221 e. The van der Waals surface area contributed by atoms with E-state index in [1.165, 1.54) is 18.3 Å². The third-order valence-corrected chi connectivity index (χ3v) is 6.61. The van der Waals surface area contributed by atoms with Crippen molar-refractivity contribution in [3.8, 4) is 11.4 Å². The lowest BCUT2D eigenvalue weighted by atomic mass is 10.2. The molecule has 0 aliphatic heterocycles. The molecule has 4 aromatic rings. The van der Waals surface area contributed by atoms with Gasteiger partial charge in [-0.15, -0.1) is 20.4 Å². The molecule has 1 amide bonds. The van der Waals surface area contributed by atoms with Crippen LogP contribution >= 0.6 is 23.1 Å². The van der Waals surface area contributed by atoms with Crippen LogP contribution in [0.3, 0.4) is 0 Å². The summed E-state index contributed by atoms with van der Waals surface area (Å²) < 4.78 is 0.931. The van der Waals surface area contributed by atoms with Crippen molar-refractivity contribution in [3.63, 3.8) is 0 Å². The molecule has 0 unspecified atom stereocenters. The number of tetrazole rings is 1. The molecule has 170 valence electrons. The average molecular weight is 481 g/mol. The summed E-state index contributed by atoms with van der Waals surface area (Å²) in [5.74, 6) is 1.54. The van der Waals surface area contributed by atoms with Crippen LogP contribution in [0.2, 0.25) is 0 Å². The number of aromatic nitrogens is 6. The van der Waals surface area contributed by atoms with Gasteiger partial charge in [0.15, 0.2) is 4.34 Å². The Hall–Kier alpha value is -3.31. The van der Waals surface area contributed by atoms with Crippen molar-refractivity contribution < 1.29 is 4.79 Å². The highest BCUT2D eigenvalue weighted by atomic mass is 32.2. The highest BCUT2D eigenvalue weighted by Crippen LogP contribution is 2.29. The molecule has 2 aromatic heterocycles. The van der Waals surface area contributed by atoms with Gasteiger partial charge in [0.1, 0.15) is 0 Å². The number of nitrogens with zero attached hydrogens (tertiary/aromatic N) is 6. The second-order valence-corrected chi connectivity index (χ2v) is 9.56. The molecular formula is C22H24N8OS2. The fourth-order valence-electron chi connectivity index (χ4n) is 3.05. The van der Waals surface area contributed by atoms with E-state index in [-0.39, 0.29) is 5.91 Å². The van der Waals surface area contributed by atoms with Gasteiger partial charge in [0.05, 0.1) is 6.54 Å². The van der Waals surface area contributed by atoms with Crippen molar-refractivity contribution in [1.82, 2.24) is 30.4 Å². The topological polar surface area (TPSA) is 111 Å². The number of nitrogens with one attached hydrogen (secondary N) is 2. The Morgan fingerprint density at radius 1 is 1.00 bits per heavy atom. The van der Waals surface area contributed by atoms with Crippen LogP contribution in [0.4, 0.5) is 16.5 Å². The van der Waals surface area contributed by atoms with E-state index < -0.39 is 0 Å². The minimum absolute atomic E-state index is 0.101. The van der Waals surface area contributed by atoms with E-state index in [2.05, 4.69) is 36.2 Å². The Balaban J connectivity index is 1.15. The maximum absolute atomic E-state index is 11.2. The van der Waals surface area contributed by atoms with Crippen molar-refractivity contribution in [2.24, 2.45) is 0 Å². The molecular weight excluding hydrogens is 456 g/mol. The molecule has 2 aromatic carbocycles. The summed E-state index contributed by atoms with van der Waals surface area (Å²) in [6, 6.07) is 17.4. The van der Waals surface area contributed by atoms with Gasteiger partial charge in [-0.05, 0) is 36.3 Å². The Bertz CT molecular complexity index is 1180. The first kappa shape index (κ1) is 22.9. The molecule has 0 bridgehead atoms. The second kappa shape index (κ2) is 11.5. The Morgan fingerprint density at radius 2 is 1.85 bits per heavy atom. The number of rotatable bonds is 11. The number of thioether (sulfide) groups is 1. The van der Waals surface area contributed by atoms with Gasteiger partial charge in [-0.2, -0.15) is 4.80 Å². The zero-order chi connectivity index (χ0) is 22.9. The monoisotopic (exact) mass is 480 g/mol. The highest BCUT2D eigenvalue weighted by Gasteiger charge is 2.07. The van der Waals surface area contributed by atoms with Gasteiger partial charge in [0.25, 0.3) is 0 Å². The van der Waals surface area contributed by atoms with Gasteiger partial charge in [-0.25, -0.2) is 0 Å². The summed E-state index contributed by atoms with van der Waals surface area (Å²) in [7, 11) is 0. The van der Waals surface area contributed by atoms with Crippen molar-refractivity contribution >= 4 is 45.5 Å². The molecule has 2 heterocycles. The normalized spacial score (nSPS) is 10.8. The number of anilines is 3. The van der Waals surface area contributed by atoms with Crippen LogP contribution in [-0.2, 0) is 11.3 Å².